The minimum absolute atomic E-state index is 0. The molecule has 0 aliphatic carbocycles. The van der Waals surface area contributed by atoms with Crippen LogP contribution in [0.2, 0.25) is 0 Å². The van der Waals surface area contributed by atoms with Crippen molar-refractivity contribution in [3.05, 3.63) is 0 Å². The van der Waals surface area contributed by atoms with Gasteiger partial charge in [0.1, 0.15) is 33.9 Å². The van der Waals surface area contributed by atoms with Crippen molar-refractivity contribution in [2.75, 3.05) is 0 Å². The van der Waals surface area contributed by atoms with Gasteiger partial charge in [0.05, 0.1) is 0 Å². The molecule has 0 aliphatic rings. The predicted molar refractivity (Wildman–Crippen MR) is 51.6 cm³/mol. The van der Waals surface area contributed by atoms with Crippen LogP contribution >= 0.6 is 0 Å². The van der Waals surface area contributed by atoms with Crippen molar-refractivity contribution in [3.8, 4) is 0 Å². The zero-order chi connectivity index (χ0) is 13.4. The Morgan fingerprint density at radius 2 is 0.800 bits per heavy atom. The van der Waals surface area contributed by atoms with Crippen molar-refractivity contribution in [3.63, 3.8) is 0 Å². The van der Waals surface area contributed by atoms with Crippen LogP contribution in [0.5, 0.6) is 0 Å². The number of hydrogen-bond donors (Lipinski definition) is 0. The largest absolute Gasteiger partial charge is 0.542 e. The van der Waals surface area contributed by atoms with E-state index in [-0.39, 0.29) is 17.1 Å². The van der Waals surface area contributed by atoms with E-state index >= 15 is 0 Å². The molecular weight excluding hydrogens is 247 g/mol. The third-order valence-corrected chi connectivity index (χ3v) is 0.144. The molecule has 0 aromatic carbocycles. The average molecular weight is 262 g/mol. The van der Waals surface area contributed by atoms with Gasteiger partial charge in [-0.15, -0.1) is 0 Å². The van der Waals surface area contributed by atoms with E-state index in [0.717, 1.165) is 0 Å². The van der Waals surface area contributed by atoms with Crippen LogP contribution in [-0.2, 0) is 45.8 Å². The quantitative estimate of drug-likeness (QED) is 0.469. The Labute approximate surface area is 99.9 Å². The zero-order valence-electron chi connectivity index (χ0n) is 8.57. The Hall–Kier alpha value is -1.46. The van der Waals surface area contributed by atoms with Gasteiger partial charge in [0, 0.05) is 17.1 Å². The van der Waals surface area contributed by atoms with Crippen LogP contribution in [0.15, 0.2) is 0 Å². The summed E-state index contributed by atoms with van der Waals surface area (Å²) >= 11 is 0. The molecule has 91 valence electrons. The van der Waals surface area contributed by atoms with E-state index in [9.17, 15) is 0 Å². The molecule has 0 heterocycles. The molecule has 6 nitrogen and oxygen atoms in total. The van der Waals surface area contributed by atoms with E-state index in [1.807, 2.05) is 33.9 Å². The van der Waals surface area contributed by atoms with E-state index in [2.05, 4.69) is 0 Å². The fourth-order valence-electron chi connectivity index (χ4n) is 0. The number of carbonyl (C=O) groups excluding carboxylic acids is 6. The molecule has 0 spiro atoms. The summed E-state index contributed by atoms with van der Waals surface area (Å²) in [6.07, 6.45) is 2.19. The molecule has 0 fully saturated rings. The monoisotopic (exact) mass is 262 g/mol. The van der Waals surface area contributed by atoms with Gasteiger partial charge in [-0.2, -0.15) is 6.42 Å². The Morgan fingerprint density at radius 1 is 0.733 bits per heavy atom. The van der Waals surface area contributed by atoms with E-state index in [1.165, 1.54) is 0 Å². The third kappa shape index (κ3) is 6570. The summed E-state index contributed by atoms with van der Waals surface area (Å²) in [5.41, 5.74) is 0. The maximum atomic E-state index is 9.05. The summed E-state index contributed by atoms with van der Waals surface area (Å²) in [5.74, 6) is 0. The number of carbonyl (C=O) groups is 5. The molecule has 0 aromatic heterocycles. The molecule has 0 saturated carbocycles. The predicted octanol–water partition coefficient (Wildman–Crippen LogP) is -0.421. The molecule has 0 unspecified atom stereocenters. The topological polar surface area (TPSA) is 102 Å². The van der Waals surface area contributed by atoms with Crippen LogP contribution in [-0.4, -0.2) is 40.2 Å². The molecular formula is C8H15MnO6-. The maximum absolute atomic E-state index is 9.05. The normalized spacial score (nSPS) is 3.00. The molecule has 0 atom stereocenters. The van der Waals surface area contributed by atoms with Gasteiger partial charge in [0.25, 0.3) is 0 Å². The molecule has 0 saturated heterocycles. The first-order valence-corrected chi connectivity index (χ1v) is 2.71. The molecule has 1 radical (unpaired) electrons. The molecule has 0 amide bonds. The van der Waals surface area contributed by atoms with Crippen molar-refractivity contribution in [2.45, 2.75) is 13.3 Å². The second-order valence-corrected chi connectivity index (χ2v) is 0.498. The Balaban J connectivity index is -0.0000000105. The zero-order valence-corrected chi connectivity index (χ0v) is 9.75. The SMILES string of the molecule is C=O.C=O.C=O.C=O.C=O.CC[C-]=O.[Mn]. The van der Waals surface area contributed by atoms with Crippen LogP contribution in [0.1, 0.15) is 13.3 Å². The van der Waals surface area contributed by atoms with Gasteiger partial charge >= 0.3 is 0 Å². The first kappa shape index (κ1) is 49.8. The standard InChI is InChI=1S/C3H5O.5CH2O.Mn/c1-2-3-4;5*1-2;/h2H2,1H3;5*1H2;/q-1;;;;;;. The van der Waals surface area contributed by atoms with Crippen LogP contribution in [0.4, 0.5) is 0 Å². The van der Waals surface area contributed by atoms with Gasteiger partial charge in [0.2, 0.25) is 0 Å². The molecule has 0 bridgehead atoms. The maximum Gasteiger partial charge on any atom is 0.106 e. The fourth-order valence-corrected chi connectivity index (χ4v) is 0. The second-order valence-electron chi connectivity index (χ2n) is 0.498. The van der Waals surface area contributed by atoms with E-state index < -0.39 is 0 Å². The minimum Gasteiger partial charge on any atom is -0.542 e. The van der Waals surface area contributed by atoms with Crippen molar-refractivity contribution in [1.29, 1.82) is 0 Å². The Kier molecular flexibility index (Phi) is 19000. The third-order valence-electron chi connectivity index (χ3n) is 0.144. The van der Waals surface area contributed by atoms with E-state index in [4.69, 9.17) is 28.8 Å². The molecule has 7 heteroatoms. The van der Waals surface area contributed by atoms with Gasteiger partial charge in [0.15, 0.2) is 0 Å². The Bertz CT molecular complexity index is 62.5. The van der Waals surface area contributed by atoms with Crippen LogP contribution in [0, 0.1) is 0 Å². The van der Waals surface area contributed by atoms with Gasteiger partial charge < -0.3 is 28.8 Å². The summed E-state index contributed by atoms with van der Waals surface area (Å²) in [6.45, 7) is 11.8. The summed E-state index contributed by atoms with van der Waals surface area (Å²) in [5, 5.41) is 0. The first-order chi connectivity index (χ1) is 6.91. The smallest absolute Gasteiger partial charge is 0.106 e. The van der Waals surface area contributed by atoms with Gasteiger partial charge in [-0.25, -0.2) is 0 Å². The molecule has 15 heavy (non-hydrogen) atoms. The summed E-state index contributed by atoms with van der Waals surface area (Å²) in [6, 6.07) is 0. The molecule has 0 N–H and O–H groups in total. The molecule has 0 aromatic rings. The van der Waals surface area contributed by atoms with Crippen LogP contribution in [0.3, 0.4) is 0 Å². The molecule has 0 rings (SSSR count). The first-order valence-electron chi connectivity index (χ1n) is 2.71. The summed E-state index contributed by atoms with van der Waals surface area (Å²) < 4.78 is 0. The van der Waals surface area contributed by atoms with Crippen molar-refractivity contribution in [2.24, 2.45) is 0 Å². The number of hydrogen-bond acceptors (Lipinski definition) is 6. The van der Waals surface area contributed by atoms with Crippen molar-refractivity contribution < 1.29 is 45.8 Å². The van der Waals surface area contributed by atoms with Crippen LogP contribution in [0.25, 0.3) is 0 Å². The number of rotatable bonds is 1. The van der Waals surface area contributed by atoms with Crippen molar-refractivity contribution >= 4 is 40.2 Å². The van der Waals surface area contributed by atoms with E-state index in [0.29, 0.717) is 6.42 Å². The van der Waals surface area contributed by atoms with Gasteiger partial charge in [-0.1, -0.05) is 6.92 Å². The van der Waals surface area contributed by atoms with Gasteiger partial charge in [-0.05, 0) is 0 Å². The fraction of sp³-hybridized carbons (Fsp3) is 0.250. The van der Waals surface area contributed by atoms with Gasteiger partial charge in [-0.3, -0.25) is 6.29 Å². The Morgan fingerprint density at radius 3 is 0.800 bits per heavy atom. The summed E-state index contributed by atoms with van der Waals surface area (Å²) in [7, 11) is 0. The molecule has 0 aliphatic heterocycles. The van der Waals surface area contributed by atoms with Crippen molar-refractivity contribution in [1.82, 2.24) is 0 Å². The summed E-state index contributed by atoms with van der Waals surface area (Å²) in [4.78, 5) is 49.0. The van der Waals surface area contributed by atoms with Crippen LogP contribution < -0.4 is 0 Å². The second kappa shape index (κ2) is 5740. The average Bonchev–Trinajstić information content (AvgIpc) is 2.41. The van der Waals surface area contributed by atoms with E-state index in [1.54, 1.807) is 13.2 Å². The minimum atomic E-state index is 0.